The Balaban J connectivity index is 0.000000317. The molecule has 8 nitrogen and oxygen atoms in total. The van der Waals surface area contributed by atoms with Gasteiger partial charge >= 0.3 is 24.3 Å². The first-order valence-electron chi connectivity index (χ1n) is 11.6. The van der Waals surface area contributed by atoms with Crippen LogP contribution in [0.15, 0.2) is 48.8 Å². The minimum atomic E-state index is -5.08. The van der Waals surface area contributed by atoms with E-state index in [1.807, 2.05) is 24.5 Å². The summed E-state index contributed by atoms with van der Waals surface area (Å²) in [4.78, 5) is 24.4. The molecule has 2 aromatic rings. The monoisotopic (exact) mass is 566 g/mol. The summed E-state index contributed by atoms with van der Waals surface area (Å²) >= 11 is 0. The van der Waals surface area contributed by atoms with Gasteiger partial charge in [0.05, 0.1) is 24.9 Å². The van der Waals surface area contributed by atoms with Crippen molar-refractivity contribution in [3.63, 3.8) is 0 Å². The second kappa shape index (κ2) is 13.7. The topological polar surface area (TPSA) is 109 Å². The van der Waals surface area contributed by atoms with E-state index in [1.54, 1.807) is 0 Å². The van der Waals surface area contributed by atoms with Crippen LogP contribution in [0.25, 0.3) is 0 Å². The fourth-order valence-electron chi connectivity index (χ4n) is 4.02. The molecule has 0 radical (unpaired) electrons. The van der Waals surface area contributed by atoms with E-state index in [2.05, 4.69) is 41.1 Å². The van der Waals surface area contributed by atoms with Crippen LogP contribution in [0, 0.1) is 6.92 Å². The zero-order chi connectivity index (χ0) is 29.3. The minimum Gasteiger partial charge on any atom is -0.475 e. The molecule has 2 saturated heterocycles. The molecule has 0 unspecified atom stereocenters. The van der Waals surface area contributed by atoms with Crippen LogP contribution >= 0.6 is 0 Å². The molecular weight excluding hydrogens is 538 g/mol. The zero-order valence-corrected chi connectivity index (χ0v) is 20.8. The van der Waals surface area contributed by atoms with E-state index >= 15 is 0 Å². The number of carboxylic acids is 2. The lowest BCUT2D eigenvalue weighted by atomic mass is 9.98. The van der Waals surface area contributed by atoms with Gasteiger partial charge in [-0.1, -0.05) is 29.8 Å². The molecule has 2 atom stereocenters. The minimum absolute atomic E-state index is 0.00721. The number of pyridine rings is 1. The maximum absolute atomic E-state index is 10.6. The number of hydrogen-bond donors (Lipinski definition) is 2. The number of aliphatic carboxylic acids is 2. The van der Waals surface area contributed by atoms with E-state index in [0.29, 0.717) is 13.2 Å². The number of aromatic nitrogens is 1. The van der Waals surface area contributed by atoms with Crippen LogP contribution < -0.4 is 0 Å². The Morgan fingerprint density at radius 1 is 1.05 bits per heavy atom. The Bertz CT molecular complexity index is 1060. The summed E-state index contributed by atoms with van der Waals surface area (Å²) in [7, 11) is 0. The number of ether oxygens (including phenoxy) is 2. The molecule has 1 aromatic carbocycles. The molecule has 0 amide bonds. The third-order valence-corrected chi connectivity index (χ3v) is 5.78. The highest BCUT2D eigenvalue weighted by Gasteiger charge is 2.45. The average Bonchev–Trinajstić information content (AvgIpc) is 3.43. The number of rotatable bonds is 5. The Morgan fingerprint density at radius 2 is 1.64 bits per heavy atom. The molecule has 14 heteroatoms. The summed E-state index contributed by atoms with van der Waals surface area (Å²) in [6.45, 7) is 6.62. The van der Waals surface area contributed by atoms with Crippen molar-refractivity contribution >= 4 is 11.9 Å². The van der Waals surface area contributed by atoms with Gasteiger partial charge in [0.2, 0.25) is 0 Å². The van der Waals surface area contributed by atoms with Crippen LogP contribution in [0.2, 0.25) is 0 Å². The summed E-state index contributed by atoms with van der Waals surface area (Å²) in [5.41, 5.74) is 3.88. The fraction of sp³-hybridized carbons (Fsp3) is 0.480. The first-order valence-corrected chi connectivity index (χ1v) is 11.6. The third kappa shape index (κ3) is 11.2. The summed E-state index contributed by atoms with van der Waals surface area (Å²) in [5.74, 6) is -5.51. The van der Waals surface area contributed by atoms with Crippen LogP contribution in [0.1, 0.15) is 29.5 Å². The van der Waals surface area contributed by atoms with Crippen LogP contribution in [0.3, 0.4) is 0 Å². The molecule has 216 valence electrons. The summed E-state index contributed by atoms with van der Waals surface area (Å²) < 4.78 is 75.8. The average molecular weight is 566 g/mol. The van der Waals surface area contributed by atoms with Gasteiger partial charge in [0.15, 0.2) is 0 Å². The number of hydrogen-bond acceptors (Lipinski definition) is 6. The van der Waals surface area contributed by atoms with Crippen molar-refractivity contribution in [2.75, 3.05) is 19.7 Å². The van der Waals surface area contributed by atoms with E-state index in [-0.39, 0.29) is 11.7 Å². The maximum atomic E-state index is 10.6. The second-order valence-electron chi connectivity index (χ2n) is 9.04. The van der Waals surface area contributed by atoms with Gasteiger partial charge in [-0.25, -0.2) is 9.59 Å². The molecule has 0 bridgehead atoms. The number of likely N-dealkylation sites (tertiary alicyclic amines) is 1. The molecular formula is C25H28F6N2O6. The summed E-state index contributed by atoms with van der Waals surface area (Å²) in [6.07, 6.45) is -4.24. The van der Waals surface area contributed by atoms with Gasteiger partial charge in [0.1, 0.15) is 0 Å². The SMILES string of the molecule is Cc1cccc(CN2CC[C@]3(C[C@H](OCc4ccncc4)CO3)C2)c1.O=C(O)C(F)(F)F.O=C(O)C(F)(F)F. The van der Waals surface area contributed by atoms with E-state index < -0.39 is 24.3 Å². The third-order valence-electron chi connectivity index (χ3n) is 5.78. The Morgan fingerprint density at radius 3 is 2.18 bits per heavy atom. The summed E-state index contributed by atoms with van der Waals surface area (Å²) in [5, 5.41) is 14.2. The van der Waals surface area contributed by atoms with Crippen molar-refractivity contribution in [2.24, 2.45) is 0 Å². The quantitative estimate of drug-likeness (QED) is 0.506. The molecule has 39 heavy (non-hydrogen) atoms. The van der Waals surface area contributed by atoms with E-state index in [1.165, 1.54) is 16.7 Å². The molecule has 2 N–H and O–H groups in total. The number of benzene rings is 1. The van der Waals surface area contributed by atoms with Crippen molar-refractivity contribution in [1.82, 2.24) is 9.88 Å². The molecule has 1 aromatic heterocycles. The largest absolute Gasteiger partial charge is 0.490 e. The smallest absolute Gasteiger partial charge is 0.475 e. The van der Waals surface area contributed by atoms with Gasteiger partial charge in [0, 0.05) is 38.4 Å². The zero-order valence-electron chi connectivity index (χ0n) is 20.8. The van der Waals surface area contributed by atoms with Crippen LogP contribution in [0.4, 0.5) is 26.3 Å². The normalized spacial score (nSPS) is 21.1. The fourth-order valence-corrected chi connectivity index (χ4v) is 4.02. The van der Waals surface area contributed by atoms with E-state index in [4.69, 9.17) is 29.3 Å². The second-order valence-corrected chi connectivity index (χ2v) is 9.04. The highest BCUT2D eigenvalue weighted by Crippen LogP contribution is 2.37. The number of halogens is 6. The molecule has 2 fully saturated rings. The summed E-state index contributed by atoms with van der Waals surface area (Å²) in [6, 6.07) is 12.8. The molecule has 2 aliphatic rings. The Kier molecular flexibility index (Phi) is 11.2. The number of carbonyl (C=O) groups is 2. The van der Waals surface area contributed by atoms with Gasteiger partial charge in [-0.2, -0.15) is 26.3 Å². The lowest BCUT2D eigenvalue weighted by molar-refractivity contribution is -0.193. The van der Waals surface area contributed by atoms with Gasteiger partial charge in [-0.15, -0.1) is 0 Å². The standard InChI is InChI=1S/C21H26N2O2.2C2HF3O2/c1-17-3-2-4-19(11-17)13-23-10-7-21(16-23)12-20(15-25-21)24-14-18-5-8-22-9-6-18;2*3-2(4,5)1(6)7/h2-6,8-9,11,20H,7,10,12-16H2,1H3;2*(H,6,7)/t20-,21-;;/m0../s1. The molecule has 3 heterocycles. The van der Waals surface area contributed by atoms with Gasteiger partial charge < -0.3 is 19.7 Å². The molecule has 0 saturated carbocycles. The van der Waals surface area contributed by atoms with Gasteiger partial charge in [-0.05, 0) is 36.6 Å². The van der Waals surface area contributed by atoms with E-state index in [0.717, 1.165) is 32.5 Å². The van der Waals surface area contributed by atoms with Crippen molar-refractivity contribution in [3.8, 4) is 0 Å². The van der Waals surface area contributed by atoms with Gasteiger partial charge in [-0.3, -0.25) is 9.88 Å². The maximum Gasteiger partial charge on any atom is 0.490 e. The predicted octanol–water partition coefficient (Wildman–Crippen LogP) is 4.61. The Labute approximate surface area is 220 Å². The number of carboxylic acid groups (broad SMARTS) is 2. The first kappa shape index (κ1) is 32.0. The molecule has 0 aliphatic carbocycles. The van der Waals surface area contributed by atoms with Crippen LogP contribution in [0.5, 0.6) is 0 Å². The van der Waals surface area contributed by atoms with Crippen LogP contribution in [-0.4, -0.2) is 75.8 Å². The number of aryl methyl sites for hydroxylation is 1. The first-order chi connectivity index (χ1) is 18.1. The highest BCUT2D eigenvalue weighted by molar-refractivity contribution is 5.73. The molecule has 4 rings (SSSR count). The van der Waals surface area contributed by atoms with Crippen LogP contribution in [-0.2, 0) is 32.2 Å². The van der Waals surface area contributed by atoms with Crippen molar-refractivity contribution in [1.29, 1.82) is 0 Å². The predicted molar refractivity (Wildman–Crippen MR) is 125 cm³/mol. The number of nitrogens with zero attached hydrogens (tertiary/aromatic N) is 2. The van der Waals surface area contributed by atoms with E-state index in [9.17, 15) is 26.3 Å². The Hall–Kier alpha value is -3.23. The molecule has 2 aliphatic heterocycles. The van der Waals surface area contributed by atoms with Crippen molar-refractivity contribution < 1.29 is 55.6 Å². The lowest BCUT2D eigenvalue weighted by Gasteiger charge is -2.23. The molecule has 1 spiro atoms. The van der Waals surface area contributed by atoms with Crippen molar-refractivity contribution in [2.45, 2.75) is 57.0 Å². The lowest BCUT2D eigenvalue weighted by Crippen LogP contribution is -2.33. The van der Waals surface area contributed by atoms with Gasteiger partial charge in [0.25, 0.3) is 0 Å². The number of alkyl halides is 6. The highest BCUT2D eigenvalue weighted by atomic mass is 19.4. The van der Waals surface area contributed by atoms with Crippen molar-refractivity contribution in [3.05, 3.63) is 65.5 Å².